The molecule has 0 aliphatic rings. The van der Waals surface area contributed by atoms with Gasteiger partial charge in [-0.05, 0) is 49.4 Å². The van der Waals surface area contributed by atoms with Crippen molar-refractivity contribution in [2.24, 2.45) is 0 Å². The van der Waals surface area contributed by atoms with Crippen LogP contribution < -0.4 is 0 Å². The molecule has 9 heteroatoms. The number of ether oxygens (including phenoxy) is 1. The van der Waals surface area contributed by atoms with Gasteiger partial charge in [-0.1, -0.05) is 11.2 Å². The number of carbonyl (C=O) groups is 1. The molecule has 0 aliphatic carbocycles. The lowest BCUT2D eigenvalue weighted by Crippen LogP contribution is -2.03. The summed E-state index contributed by atoms with van der Waals surface area (Å²) in [6.07, 6.45) is 0. The summed E-state index contributed by atoms with van der Waals surface area (Å²) in [6, 6.07) is 5.50. The number of hydrogen-bond acceptors (Lipinski definition) is 7. The number of carbonyl (C=O) groups excluding carboxylic acids is 1. The average Bonchev–Trinajstić information content (AvgIpc) is 3.17. The SMILES string of the molecule is O=C(OCc1nc(-c2cccs2)no1)c1cc(Br)c(Br)s1. The molecule has 0 amide bonds. The van der Waals surface area contributed by atoms with Crippen molar-refractivity contribution < 1.29 is 14.1 Å². The van der Waals surface area contributed by atoms with E-state index in [0.717, 1.165) is 13.1 Å². The second kappa shape index (κ2) is 6.39. The number of nitrogens with zero attached hydrogens (tertiary/aromatic N) is 2. The normalized spacial score (nSPS) is 10.8. The predicted molar refractivity (Wildman–Crippen MR) is 86.4 cm³/mol. The maximum absolute atomic E-state index is 11.9. The van der Waals surface area contributed by atoms with Crippen LogP contribution in [0.5, 0.6) is 0 Å². The van der Waals surface area contributed by atoms with E-state index >= 15 is 0 Å². The van der Waals surface area contributed by atoms with Crippen LogP contribution in [-0.2, 0) is 11.3 Å². The first-order valence-corrected chi connectivity index (χ1v) is 8.90. The first kappa shape index (κ1) is 14.9. The number of halogens is 2. The Morgan fingerprint density at radius 1 is 1.43 bits per heavy atom. The van der Waals surface area contributed by atoms with E-state index in [-0.39, 0.29) is 12.5 Å². The molecule has 5 nitrogen and oxygen atoms in total. The van der Waals surface area contributed by atoms with Gasteiger partial charge in [0.15, 0.2) is 6.61 Å². The van der Waals surface area contributed by atoms with E-state index in [0.29, 0.717) is 10.7 Å². The summed E-state index contributed by atoms with van der Waals surface area (Å²) in [5, 5.41) is 5.78. The number of thiophene rings is 2. The van der Waals surface area contributed by atoms with Crippen LogP contribution in [0.4, 0.5) is 0 Å². The zero-order valence-electron chi connectivity index (χ0n) is 10.2. The molecule has 21 heavy (non-hydrogen) atoms. The zero-order valence-corrected chi connectivity index (χ0v) is 15.0. The predicted octanol–water partition coefficient (Wildman–Crippen LogP) is 4.74. The monoisotopic (exact) mass is 448 g/mol. The van der Waals surface area contributed by atoms with Gasteiger partial charge in [0, 0.05) is 4.47 Å². The standard InChI is InChI=1S/C12H6Br2N2O3S2/c13-6-4-8(21-10(6)14)12(17)18-5-9-15-11(16-19-9)7-2-1-3-20-7/h1-4H,5H2. The van der Waals surface area contributed by atoms with E-state index in [1.54, 1.807) is 6.07 Å². The molecule has 0 fully saturated rings. The topological polar surface area (TPSA) is 65.2 Å². The summed E-state index contributed by atoms with van der Waals surface area (Å²) in [4.78, 5) is 17.5. The highest BCUT2D eigenvalue weighted by molar-refractivity contribution is 9.13. The highest BCUT2D eigenvalue weighted by atomic mass is 79.9. The van der Waals surface area contributed by atoms with Gasteiger partial charge in [0.1, 0.15) is 4.88 Å². The lowest BCUT2D eigenvalue weighted by molar-refractivity contribution is 0.0435. The average molecular weight is 450 g/mol. The van der Waals surface area contributed by atoms with Crippen LogP contribution in [0, 0.1) is 0 Å². The minimum absolute atomic E-state index is 0.0512. The molecule has 0 N–H and O–H groups in total. The Kier molecular flexibility index (Phi) is 4.53. The van der Waals surface area contributed by atoms with Crippen molar-refractivity contribution in [2.75, 3.05) is 0 Å². The van der Waals surface area contributed by atoms with Gasteiger partial charge in [-0.25, -0.2) is 4.79 Å². The summed E-state index contributed by atoms with van der Waals surface area (Å²) in [5.41, 5.74) is 0. The molecule has 0 unspecified atom stereocenters. The largest absolute Gasteiger partial charge is 0.451 e. The third-order valence-corrected chi connectivity index (χ3v) is 6.48. The van der Waals surface area contributed by atoms with Gasteiger partial charge in [0.05, 0.1) is 8.66 Å². The first-order valence-electron chi connectivity index (χ1n) is 5.62. The molecule has 0 saturated heterocycles. The smallest absolute Gasteiger partial charge is 0.348 e. The molecule has 3 heterocycles. The third kappa shape index (κ3) is 3.42. The maximum atomic E-state index is 11.9. The fourth-order valence-electron chi connectivity index (χ4n) is 1.46. The van der Waals surface area contributed by atoms with E-state index < -0.39 is 5.97 Å². The minimum atomic E-state index is -0.428. The Hall–Kier alpha value is -1.03. The first-order chi connectivity index (χ1) is 10.1. The number of hydrogen-bond donors (Lipinski definition) is 0. The molecule has 0 saturated carbocycles. The molecule has 0 spiro atoms. The molecule has 3 rings (SSSR count). The quantitative estimate of drug-likeness (QED) is 0.538. The van der Waals surface area contributed by atoms with E-state index in [1.165, 1.54) is 22.7 Å². The van der Waals surface area contributed by atoms with Crippen LogP contribution in [0.1, 0.15) is 15.6 Å². The second-order valence-corrected chi connectivity index (χ2v) is 7.97. The Morgan fingerprint density at radius 2 is 2.29 bits per heavy atom. The third-order valence-electron chi connectivity index (χ3n) is 2.38. The highest BCUT2D eigenvalue weighted by Crippen LogP contribution is 2.32. The molecule has 0 bridgehead atoms. The van der Waals surface area contributed by atoms with E-state index in [1.807, 2.05) is 17.5 Å². The molecule has 3 aromatic heterocycles. The summed E-state index contributed by atoms with van der Waals surface area (Å²) >= 11 is 9.46. The highest BCUT2D eigenvalue weighted by Gasteiger charge is 2.16. The van der Waals surface area contributed by atoms with E-state index in [9.17, 15) is 4.79 Å². The Labute approximate surface area is 144 Å². The molecular formula is C12H6Br2N2O3S2. The molecule has 3 aromatic rings. The van der Waals surface area contributed by atoms with Gasteiger partial charge in [0.25, 0.3) is 5.89 Å². The van der Waals surface area contributed by atoms with Crippen LogP contribution in [0.3, 0.4) is 0 Å². The summed E-state index contributed by atoms with van der Waals surface area (Å²) < 4.78 is 11.9. The van der Waals surface area contributed by atoms with Crippen molar-refractivity contribution in [3.8, 4) is 10.7 Å². The molecular weight excluding hydrogens is 444 g/mol. The van der Waals surface area contributed by atoms with Crippen LogP contribution >= 0.6 is 54.5 Å². The van der Waals surface area contributed by atoms with Crippen molar-refractivity contribution in [1.82, 2.24) is 10.1 Å². The summed E-state index contributed by atoms with van der Waals surface area (Å²) in [5.74, 6) is 0.335. The van der Waals surface area contributed by atoms with Crippen molar-refractivity contribution in [3.05, 3.63) is 42.6 Å². The Balaban J connectivity index is 1.64. The van der Waals surface area contributed by atoms with Crippen LogP contribution in [0.25, 0.3) is 10.7 Å². The maximum Gasteiger partial charge on any atom is 0.348 e. The van der Waals surface area contributed by atoms with Crippen molar-refractivity contribution in [3.63, 3.8) is 0 Å². The van der Waals surface area contributed by atoms with E-state index in [4.69, 9.17) is 9.26 Å². The van der Waals surface area contributed by atoms with Crippen LogP contribution in [-0.4, -0.2) is 16.1 Å². The number of esters is 1. The Morgan fingerprint density at radius 3 is 2.95 bits per heavy atom. The summed E-state index contributed by atoms with van der Waals surface area (Å²) in [6.45, 7) is -0.0512. The zero-order chi connectivity index (χ0) is 14.8. The molecule has 108 valence electrons. The van der Waals surface area contributed by atoms with Crippen molar-refractivity contribution in [2.45, 2.75) is 6.61 Å². The van der Waals surface area contributed by atoms with E-state index in [2.05, 4.69) is 42.0 Å². The molecule has 0 aliphatic heterocycles. The van der Waals surface area contributed by atoms with Gasteiger partial charge in [0.2, 0.25) is 5.82 Å². The van der Waals surface area contributed by atoms with Gasteiger partial charge in [-0.2, -0.15) is 4.98 Å². The van der Waals surface area contributed by atoms with Crippen molar-refractivity contribution in [1.29, 1.82) is 0 Å². The fourth-order valence-corrected chi connectivity index (χ4v) is 4.04. The molecule has 0 aromatic carbocycles. The number of aromatic nitrogens is 2. The number of rotatable bonds is 4. The van der Waals surface area contributed by atoms with Gasteiger partial charge in [-0.15, -0.1) is 22.7 Å². The van der Waals surface area contributed by atoms with Crippen LogP contribution in [0.15, 0.2) is 36.4 Å². The Bertz CT molecular complexity index is 748. The van der Waals surface area contributed by atoms with Crippen molar-refractivity contribution >= 4 is 60.5 Å². The van der Waals surface area contributed by atoms with Gasteiger partial charge >= 0.3 is 5.97 Å². The molecule has 0 radical (unpaired) electrons. The fraction of sp³-hybridized carbons (Fsp3) is 0.0833. The second-order valence-electron chi connectivity index (χ2n) is 3.80. The lowest BCUT2D eigenvalue weighted by atomic mass is 10.4. The lowest BCUT2D eigenvalue weighted by Gasteiger charge is -1.98. The molecule has 0 atom stereocenters. The van der Waals surface area contributed by atoms with Crippen LogP contribution in [0.2, 0.25) is 0 Å². The van der Waals surface area contributed by atoms with Gasteiger partial charge < -0.3 is 9.26 Å². The van der Waals surface area contributed by atoms with Gasteiger partial charge in [-0.3, -0.25) is 0 Å². The summed E-state index contributed by atoms with van der Waals surface area (Å²) in [7, 11) is 0. The minimum Gasteiger partial charge on any atom is -0.451 e.